The van der Waals surface area contributed by atoms with Gasteiger partial charge in [0.1, 0.15) is 0 Å². The molecular weight excluding hydrogens is 270 g/mol. The third kappa shape index (κ3) is 3.10. The highest BCUT2D eigenvalue weighted by Gasteiger charge is 2.21. The number of anilines is 1. The Balaban J connectivity index is 1.59. The summed E-state index contributed by atoms with van der Waals surface area (Å²) in [5, 5.41) is 4.21. The van der Waals surface area contributed by atoms with Gasteiger partial charge in [-0.2, -0.15) is 0 Å². The first-order chi connectivity index (χ1) is 9.35. The van der Waals surface area contributed by atoms with Gasteiger partial charge in [-0.15, -0.1) is 23.5 Å². The quantitative estimate of drug-likeness (QED) is 0.829. The van der Waals surface area contributed by atoms with Crippen molar-refractivity contribution in [3.63, 3.8) is 0 Å². The number of benzene rings is 2. The first kappa shape index (κ1) is 12.9. The van der Waals surface area contributed by atoms with Crippen molar-refractivity contribution in [3.05, 3.63) is 54.1 Å². The second kappa shape index (κ2) is 5.93. The van der Waals surface area contributed by atoms with E-state index in [1.165, 1.54) is 27.5 Å². The summed E-state index contributed by atoms with van der Waals surface area (Å²) in [6, 6.07) is 17.4. The first-order valence-electron chi connectivity index (χ1n) is 6.47. The smallest absolute Gasteiger partial charge is 0.0351 e. The summed E-state index contributed by atoms with van der Waals surface area (Å²) in [6.45, 7) is 1.02. The standard InChI is InChI=1S/C16H17NS2/c1-18-14-7-4-6-13(10-14)17-11-15-9-12-5-2-3-8-16(12)19-15/h2-8,10,15,17H,9,11H2,1H3. The van der Waals surface area contributed by atoms with Crippen LogP contribution in [0.4, 0.5) is 5.69 Å². The van der Waals surface area contributed by atoms with E-state index in [9.17, 15) is 0 Å². The molecule has 1 nitrogen and oxygen atoms in total. The highest BCUT2D eigenvalue weighted by atomic mass is 32.2. The van der Waals surface area contributed by atoms with Crippen molar-refractivity contribution >= 4 is 29.2 Å². The monoisotopic (exact) mass is 287 g/mol. The Bertz CT molecular complexity index is 543. The second-order valence-corrected chi connectivity index (χ2v) is 6.89. The minimum Gasteiger partial charge on any atom is -0.384 e. The maximum atomic E-state index is 3.56. The maximum Gasteiger partial charge on any atom is 0.0351 e. The van der Waals surface area contributed by atoms with Gasteiger partial charge >= 0.3 is 0 Å². The zero-order valence-electron chi connectivity index (χ0n) is 10.9. The van der Waals surface area contributed by atoms with Crippen molar-refractivity contribution in [1.82, 2.24) is 0 Å². The molecule has 1 aliphatic heterocycles. The second-order valence-electron chi connectivity index (χ2n) is 4.66. The first-order valence-corrected chi connectivity index (χ1v) is 8.58. The summed E-state index contributed by atoms with van der Waals surface area (Å²) in [7, 11) is 0. The highest BCUT2D eigenvalue weighted by molar-refractivity contribution is 8.00. The molecule has 0 amide bonds. The molecule has 1 atom stereocenters. The van der Waals surface area contributed by atoms with Crippen molar-refractivity contribution in [2.45, 2.75) is 21.5 Å². The van der Waals surface area contributed by atoms with Crippen molar-refractivity contribution in [1.29, 1.82) is 0 Å². The zero-order chi connectivity index (χ0) is 13.1. The maximum absolute atomic E-state index is 3.56. The van der Waals surface area contributed by atoms with Crippen LogP contribution in [0, 0.1) is 0 Å². The molecule has 0 saturated heterocycles. The Kier molecular flexibility index (Phi) is 4.04. The summed E-state index contributed by atoms with van der Waals surface area (Å²) in [5.74, 6) is 0. The van der Waals surface area contributed by atoms with E-state index in [-0.39, 0.29) is 0 Å². The Morgan fingerprint density at radius 1 is 1.21 bits per heavy atom. The number of hydrogen-bond donors (Lipinski definition) is 1. The van der Waals surface area contributed by atoms with Gasteiger partial charge < -0.3 is 5.32 Å². The largest absolute Gasteiger partial charge is 0.384 e. The summed E-state index contributed by atoms with van der Waals surface area (Å²) in [5.41, 5.74) is 2.72. The summed E-state index contributed by atoms with van der Waals surface area (Å²) in [6.07, 6.45) is 3.29. The third-order valence-corrected chi connectivity index (χ3v) is 5.36. The van der Waals surface area contributed by atoms with Gasteiger partial charge in [0.05, 0.1) is 0 Å². The van der Waals surface area contributed by atoms with E-state index >= 15 is 0 Å². The van der Waals surface area contributed by atoms with Crippen LogP contribution in [-0.2, 0) is 6.42 Å². The average Bonchev–Trinajstić information content (AvgIpc) is 2.88. The number of rotatable bonds is 4. The molecule has 2 aromatic carbocycles. The van der Waals surface area contributed by atoms with Crippen LogP contribution >= 0.6 is 23.5 Å². The van der Waals surface area contributed by atoms with Gasteiger partial charge in [-0.1, -0.05) is 24.3 Å². The normalized spacial score (nSPS) is 17.2. The van der Waals surface area contributed by atoms with Crippen LogP contribution < -0.4 is 5.32 Å². The van der Waals surface area contributed by atoms with E-state index in [1.807, 2.05) is 11.8 Å². The van der Waals surface area contributed by atoms with Crippen LogP contribution in [0.2, 0.25) is 0 Å². The highest BCUT2D eigenvalue weighted by Crippen LogP contribution is 2.36. The van der Waals surface area contributed by atoms with E-state index in [0.29, 0.717) is 5.25 Å². The third-order valence-electron chi connectivity index (χ3n) is 3.32. The molecule has 0 bridgehead atoms. The predicted octanol–water partition coefficient (Wildman–Crippen LogP) is 4.54. The molecule has 3 rings (SSSR count). The van der Waals surface area contributed by atoms with Crippen molar-refractivity contribution in [2.24, 2.45) is 0 Å². The summed E-state index contributed by atoms with van der Waals surface area (Å²) >= 11 is 3.78. The van der Waals surface area contributed by atoms with E-state index in [2.05, 4.69) is 60.1 Å². The van der Waals surface area contributed by atoms with Gasteiger partial charge in [0, 0.05) is 27.3 Å². The van der Waals surface area contributed by atoms with Crippen molar-refractivity contribution in [2.75, 3.05) is 18.1 Å². The molecule has 19 heavy (non-hydrogen) atoms. The van der Waals surface area contributed by atoms with Crippen LogP contribution in [0.5, 0.6) is 0 Å². The number of hydrogen-bond acceptors (Lipinski definition) is 3. The van der Waals surface area contributed by atoms with E-state index in [1.54, 1.807) is 11.8 Å². The number of fused-ring (bicyclic) bond motifs is 1. The summed E-state index contributed by atoms with van der Waals surface area (Å²) in [4.78, 5) is 2.76. The Labute approximate surface area is 123 Å². The Hall–Kier alpha value is -1.06. The zero-order valence-corrected chi connectivity index (χ0v) is 12.6. The molecule has 0 aliphatic carbocycles. The molecule has 0 saturated carbocycles. The minimum atomic E-state index is 0.648. The van der Waals surface area contributed by atoms with Gasteiger partial charge in [0.25, 0.3) is 0 Å². The molecule has 1 N–H and O–H groups in total. The topological polar surface area (TPSA) is 12.0 Å². The van der Waals surface area contributed by atoms with Gasteiger partial charge in [-0.25, -0.2) is 0 Å². The predicted molar refractivity (Wildman–Crippen MR) is 86.5 cm³/mol. The molecule has 1 aliphatic rings. The number of thioether (sulfide) groups is 2. The Morgan fingerprint density at radius 3 is 2.95 bits per heavy atom. The molecule has 2 aromatic rings. The average molecular weight is 287 g/mol. The lowest BCUT2D eigenvalue weighted by atomic mass is 10.1. The number of nitrogens with one attached hydrogen (secondary N) is 1. The lowest BCUT2D eigenvalue weighted by molar-refractivity contribution is 0.899. The molecule has 0 radical (unpaired) electrons. The van der Waals surface area contributed by atoms with Crippen LogP contribution in [0.15, 0.2) is 58.3 Å². The van der Waals surface area contributed by atoms with Gasteiger partial charge in [0.2, 0.25) is 0 Å². The van der Waals surface area contributed by atoms with E-state index in [0.717, 1.165) is 6.54 Å². The summed E-state index contributed by atoms with van der Waals surface area (Å²) < 4.78 is 0. The van der Waals surface area contributed by atoms with Gasteiger partial charge in [-0.3, -0.25) is 0 Å². The lowest BCUT2D eigenvalue weighted by Crippen LogP contribution is -2.15. The van der Waals surface area contributed by atoms with E-state index in [4.69, 9.17) is 0 Å². The molecule has 1 heterocycles. The molecule has 0 aromatic heterocycles. The fraction of sp³-hybridized carbons (Fsp3) is 0.250. The lowest BCUT2D eigenvalue weighted by Gasteiger charge is -2.12. The van der Waals surface area contributed by atoms with Crippen molar-refractivity contribution in [3.8, 4) is 0 Å². The molecule has 1 unspecified atom stereocenters. The van der Waals surface area contributed by atoms with Crippen LogP contribution in [-0.4, -0.2) is 18.1 Å². The molecule has 3 heteroatoms. The SMILES string of the molecule is CSc1cccc(NCC2Cc3ccccc3S2)c1. The van der Waals surface area contributed by atoms with Gasteiger partial charge in [-0.05, 0) is 42.5 Å². The minimum absolute atomic E-state index is 0.648. The molecule has 0 fully saturated rings. The molecule has 0 spiro atoms. The Morgan fingerprint density at radius 2 is 2.11 bits per heavy atom. The molecule has 98 valence electrons. The van der Waals surface area contributed by atoms with Gasteiger partial charge in [0.15, 0.2) is 0 Å². The fourth-order valence-corrected chi connectivity index (χ4v) is 4.04. The molecular formula is C16H17NS2. The van der Waals surface area contributed by atoms with Crippen LogP contribution in [0.1, 0.15) is 5.56 Å². The van der Waals surface area contributed by atoms with Crippen LogP contribution in [0.25, 0.3) is 0 Å². The van der Waals surface area contributed by atoms with E-state index < -0.39 is 0 Å². The van der Waals surface area contributed by atoms with Crippen molar-refractivity contribution < 1.29 is 0 Å². The fourth-order valence-electron chi connectivity index (χ4n) is 2.33. The van der Waals surface area contributed by atoms with Crippen LogP contribution in [0.3, 0.4) is 0 Å².